The molecule has 0 spiro atoms. The highest BCUT2D eigenvalue weighted by Crippen LogP contribution is 2.51. The van der Waals surface area contributed by atoms with Gasteiger partial charge in [-0.3, -0.25) is 4.90 Å². The van der Waals surface area contributed by atoms with Crippen LogP contribution in [0.25, 0.3) is 0 Å². The first-order valence-electron chi connectivity index (χ1n) is 5.34. The van der Waals surface area contributed by atoms with E-state index in [1.807, 2.05) is 0 Å². The Morgan fingerprint density at radius 2 is 2.00 bits per heavy atom. The maximum absolute atomic E-state index is 6.03. The van der Waals surface area contributed by atoms with Gasteiger partial charge in [-0.1, -0.05) is 6.92 Å². The Kier molecular flexibility index (Phi) is 1.81. The topological polar surface area (TPSA) is 29.3 Å². The molecule has 2 N–H and O–H groups in total. The van der Waals surface area contributed by atoms with Crippen LogP contribution in [0.1, 0.15) is 34.1 Å². The Hall–Kier alpha value is -0.0800. The monoisotopic (exact) mass is 182 g/mol. The minimum atomic E-state index is 0.320. The van der Waals surface area contributed by atoms with Crippen molar-refractivity contribution >= 4 is 0 Å². The van der Waals surface area contributed by atoms with Crippen LogP contribution >= 0.6 is 0 Å². The first-order valence-corrected chi connectivity index (χ1v) is 5.34. The predicted molar refractivity (Wildman–Crippen MR) is 55.5 cm³/mol. The van der Waals surface area contributed by atoms with Crippen LogP contribution in [0.2, 0.25) is 0 Å². The fraction of sp³-hybridized carbons (Fsp3) is 1.00. The van der Waals surface area contributed by atoms with Gasteiger partial charge in [-0.05, 0) is 38.5 Å². The van der Waals surface area contributed by atoms with Gasteiger partial charge in [-0.25, -0.2) is 0 Å². The van der Waals surface area contributed by atoms with Crippen molar-refractivity contribution in [2.45, 2.75) is 45.7 Å². The van der Waals surface area contributed by atoms with Gasteiger partial charge in [0.2, 0.25) is 0 Å². The van der Waals surface area contributed by atoms with E-state index in [0.29, 0.717) is 17.0 Å². The maximum atomic E-state index is 6.03. The highest BCUT2D eigenvalue weighted by Gasteiger charge is 2.55. The summed E-state index contributed by atoms with van der Waals surface area (Å²) in [6, 6.07) is 0.470. The molecule has 1 saturated carbocycles. The largest absolute Gasteiger partial charge is 0.327 e. The van der Waals surface area contributed by atoms with Crippen molar-refractivity contribution in [1.29, 1.82) is 0 Å². The van der Waals surface area contributed by atoms with E-state index in [1.165, 1.54) is 19.5 Å². The lowest BCUT2D eigenvalue weighted by Gasteiger charge is -2.46. The number of hydrogen-bond donors (Lipinski definition) is 1. The van der Waals surface area contributed by atoms with Crippen molar-refractivity contribution in [1.82, 2.24) is 4.90 Å². The molecular formula is C11H22N2. The molecule has 0 amide bonds. The first-order chi connectivity index (χ1) is 5.83. The molecule has 0 radical (unpaired) electrons. The molecule has 2 heteroatoms. The summed E-state index contributed by atoms with van der Waals surface area (Å²) in [4.78, 5) is 2.59. The standard InChI is InChI=1S/C11H22N2/c1-10(2,3)13-6-8-9(12)5-11(8,4)7-13/h8-9H,5-7,12H2,1-4H3. The molecule has 2 fully saturated rings. The number of hydrogen-bond acceptors (Lipinski definition) is 2. The third kappa shape index (κ3) is 1.31. The average molecular weight is 182 g/mol. The van der Waals surface area contributed by atoms with E-state index < -0.39 is 0 Å². The average Bonchev–Trinajstić information content (AvgIpc) is 2.21. The molecule has 0 bridgehead atoms. The number of nitrogens with two attached hydrogens (primary N) is 1. The summed E-state index contributed by atoms with van der Waals surface area (Å²) >= 11 is 0. The van der Waals surface area contributed by atoms with Crippen LogP contribution < -0.4 is 5.73 Å². The second-order valence-electron chi connectivity index (χ2n) is 6.18. The summed E-state index contributed by atoms with van der Waals surface area (Å²) in [6.07, 6.45) is 1.23. The quantitative estimate of drug-likeness (QED) is 0.614. The molecule has 2 nitrogen and oxygen atoms in total. The zero-order chi connectivity index (χ0) is 9.85. The Bertz CT molecular complexity index is 219. The molecule has 0 aromatic carbocycles. The van der Waals surface area contributed by atoms with E-state index in [1.54, 1.807) is 0 Å². The van der Waals surface area contributed by atoms with Crippen LogP contribution in [0.5, 0.6) is 0 Å². The Morgan fingerprint density at radius 1 is 1.38 bits per heavy atom. The maximum Gasteiger partial charge on any atom is 0.0125 e. The normalized spacial score (nSPS) is 45.9. The van der Waals surface area contributed by atoms with E-state index in [9.17, 15) is 0 Å². The van der Waals surface area contributed by atoms with Crippen LogP contribution in [0.15, 0.2) is 0 Å². The molecule has 1 saturated heterocycles. The Labute approximate surface area is 81.5 Å². The predicted octanol–water partition coefficient (Wildman–Crippen LogP) is 1.45. The SMILES string of the molecule is CC12CC(N)C1CN(C(C)(C)C)C2. The summed E-state index contributed by atoms with van der Waals surface area (Å²) in [6.45, 7) is 11.7. The Balaban J connectivity index is 2.09. The van der Waals surface area contributed by atoms with Gasteiger partial charge in [-0.2, -0.15) is 0 Å². The summed E-state index contributed by atoms with van der Waals surface area (Å²) < 4.78 is 0. The van der Waals surface area contributed by atoms with Gasteiger partial charge in [0.15, 0.2) is 0 Å². The lowest BCUT2D eigenvalue weighted by atomic mass is 9.60. The zero-order valence-electron chi connectivity index (χ0n) is 9.30. The highest BCUT2D eigenvalue weighted by atomic mass is 15.2. The summed E-state index contributed by atoms with van der Waals surface area (Å²) in [5.41, 5.74) is 6.88. The van der Waals surface area contributed by atoms with Gasteiger partial charge < -0.3 is 5.73 Å². The van der Waals surface area contributed by atoms with Gasteiger partial charge in [0.1, 0.15) is 0 Å². The van der Waals surface area contributed by atoms with E-state index in [2.05, 4.69) is 32.6 Å². The molecule has 0 aromatic heterocycles. The van der Waals surface area contributed by atoms with Crippen LogP contribution in [0.4, 0.5) is 0 Å². The molecule has 0 aromatic rings. The van der Waals surface area contributed by atoms with Crippen molar-refractivity contribution in [3.05, 3.63) is 0 Å². The van der Waals surface area contributed by atoms with Gasteiger partial charge in [-0.15, -0.1) is 0 Å². The second-order valence-corrected chi connectivity index (χ2v) is 6.18. The summed E-state index contributed by atoms with van der Waals surface area (Å²) in [7, 11) is 0. The molecule has 3 atom stereocenters. The van der Waals surface area contributed by atoms with E-state index >= 15 is 0 Å². The molecule has 13 heavy (non-hydrogen) atoms. The van der Waals surface area contributed by atoms with Gasteiger partial charge >= 0.3 is 0 Å². The smallest absolute Gasteiger partial charge is 0.0125 e. The van der Waals surface area contributed by atoms with E-state index in [4.69, 9.17) is 5.73 Å². The third-order valence-electron chi connectivity index (χ3n) is 4.03. The summed E-state index contributed by atoms with van der Waals surface area (Å²) in [5.74, 6) is 0.756. The number of fused-ring (bicyclic) bond motifs is 1. The lowest BCUT2D eigenvalue weighted by Crippen LogP contribution is -2.53. The molecule has 1 heterocycles. The number of likely N-dealkylation sites (tertiary alicyclic amines) is 1. The first kappa shape index (κ1) is 9.47. The molecule has 76 valence electrons. The molecule has 2 rings (SSSR count). The Morgan fingerprint density at radius 3 is 2.38 bits per heavy atom. The second kappa shape index (κ2) is 2.48. The fourth-order valence-corrected chi connectivity index (χ4v) is 2.98. The molecule has 3 unspecified atom stereocenters. The van der Waals surface area contributed by atoms with Crippen molar-refractivity contribution < 1.29 is 0 Å². The van der Waals surface area contributed by atoms with Crippen molar-refractivity contribution in [2.24, 2.45) is 17.1 Å². The minimum Gasteiger partial charge on any atom is -0.327 e. The molecular weight excluding hydrogens is 160 g/mol. The van der Waals surface area contributed by atoms with Crippen molar-refractivity contribution in [2.75, 3.05) is 13.1 Å². The molecule has 1 aliphatic heterocycles. The fourth-order valence-electron chi connectivity index (χ4n) is 2.98. The minimum absolute atomic E-state index is 0.320. The third-order valence-corrected chi connectivity index (χ3v) is 4.03. The number of rotatable bonds is 0. The van der Waals surface area contributed by atoms with Crippen molar-refractivity contribution in [3.63, 3.8) is 0 Å². The van der Waals surface area contributed by atoms with E-state index in [0.717, 1.165) is 5.92 Å². The lowest BCUT2D eigenvalue weighted by molar-refractivity contribution is 0.0738. The van der Waals surface area contributed by atoms with Crippen LogP contribution in [-0.4, -0.2) is 29.6 Å². The van der Waals surface area contributed by atoms with Crippen LogP contribution in [0.3, 0.4) is 0 Å². The van der Waals surface area contributed by atoms with Gasteiger partial charge in [0.25, 0.3) is 0 Å². The van der Waals surface area contributed by atoms with Crippen molar-refractivity contribution in [3.8, 4) is 0 Å². The van der Waals surface area contributed by atoms with Gasteiger partial charge in [0, 0.05) is 24.7 Å². The van der Waals surface area contributed by atoms with Crippen LogP contribution in [-0.2, 0) is 0 Å². The number of nitrogens with zero attached hydrogens (tertiary/aromatic N) is 1. The molecule has 2 aliphatic rings. The highest BCUT2D eigenvalue weighted by molar-refractivity contribution is 5.09. The molecule has 1 aliphatic carbocycles. The zero-order valence-corrected chi connectivity index (χ0v) is 9.30. The van der Waals surface area contributed by atoms with Crippen LogP contribution in [0, 0.1) is 11.3 Å². The van der Waals surface area contributed by atoms with Gasteiger partial charge in [0.05, 0.1) is 0 Å². The van der Waals surface area contributed by atoms with E-state index in [-0.39, 0.29) is 0 Å². The summed E-state index contributed by atoms with van der Waals surface area (Å²) in [5, 5.41) is 0.